The van der Waals surface area contributed by atoms with E-state index in [-0.39, 0.29) is 11.9 Å². The average molecular weight is 345 g/mol. The summed E-state index contributed by atoms with van der Waals surface area (Å²) in [5, 5.41) is 0. The molecule has 24 heavy (non-hydrogen) atoms. The molecule has 126 valence electrons. The van der Waals surface area contributed by atoms with Gasteiger partial charge in [-0.2, -0.15) is 0 Å². The van der Waals surface area contributed by atoms with Crippen molar-refractivity contribution >= 4 is 18.0 Å². The van der Waals surface area contributed by atoms with E-state index >= 15 is 0 Å². The number of rotatable bonds is 7. The van der Waals surface area contributed by atoms with E-state index in [2.05, 4.69) is 23.2 Å². The molecule has 3 nitrogen and oxygen atoms in total. The lowest BCUT2D eigenvalue weighted by molar-refractivity contribution is 0.148. The molecule has 0 aromatic heterocycles. The maximum Gasteiger partial charge on any atom is 0.165 e. The van der Waals surface area contributed by atoms with Crippen molar-refractivity contribution in [1.82, 2.24) is 0 Å². The molecule has 2 aliphatic rings. The smallest absolute Gasteiger partial charge is 0.165 e. The molecule has 0 fully saturated rings. The first-order valence-corrected chi connectivity index (χ1v) is 9.04. The summed E-state index contributed by atoms with van der Waals surface area (Å²) in [6.07, 6.45) is 11.9. The molecule has 1 aliphatic heterocycles. The molecule has 1 heterocycles. The number of benzene rings is 1. The van der Waals surface area contributed by atoms with Crippen LogP contribution >= 0.6 is 11.8 Å². The Kier molecular flexibility index (Phi) is 6.13. The number of para-hydroxylation sites is 1. The Labute approximate surface area is 146 Å². The second-order valence-corrected chi connectivity index (χ2v) is 6.59. The number of halogens is 1. The molecule has 5 heteroatoms. The fourth-order valence-electron chi connectivity index (χ4n) is 2.41. The normalized spacial score (nSPS) is 19.6. The fraction of sp³-hybridized carbons (Fsp3) is 0.316. The second-order valence-electron chi connectivity index (χ2n) is 5.42. The van der Waals surface area contributed by atoms with Gasteiger partial charge in [-0.25, -0.2) is 4.39 Å². The molecule has 0 radical (unpaired) electrons. The number of thioether (sulfide) groups is 1. The first-order chi connectivity index (χ1) is 11.8. The third kappa shape index (κ3) is 4.99. The van der Waals surface area contributed by atoms with E-state index in [1.54, 1.807) is 36.2 Å². The van der Waals surface area contributed by atoms with Gasteiger partial charge in [0.05, 0.1) is 6.61 Å². The zero-order valence-corrected chi connectivity index (χ0v) is 14.2. The molecule has 3 rings (SSSR count). The molecule has 1 aromatic rings. The van der Waals surface area contributed by atoms with Crippen LogP contribution in [-0.2, 0) is 4.74 Å². The maximum absolute atomic E-state index is 13.4. The van der Waals surface area contributed by atoms with Crippen LogP contribution < -0.4 is 4.74 Å². The number of dihydropyridines is 1. The molecule has 0 spiro atoms. The first kappa shape index (κ1) is 16.8. The standard InChI is InChI=1S/C19H20FNO2S/c20-18-3-1-2-4-19(18)22-13-14-24-17-7-5-15(6-8-17)23-16-9-11-21-12-10-16/h1-5,7-9,11,15H,6,10,12-14H2. The van der Waals surface area contributed by atoms with Crippen LogP contribution in [-0.4, -0.2) is 31.2 Å². The summed E-state index contributed by atoms with van der Waals surface area (Å²) < 4.78 is 24.8. The average Bonchev–Trinajstić information content (AvgIpc) is 2.62. The van der Waals surface area contributed by atoms with E-state index < -0.39 is 0 Å². The van der Waals surface area contributed by atoms with Gasteiger partial charge in [0.1, 0.15) is 11.9 Å². The monoisotopic (exact) mass is 345 g/mol. The Bertz CT molecular complexity index is 682. The van der Waals surface area contributed by atoms with Gasteiger partial charge in [-0.05, 0) is 30.4 Å². The third-order valence-corrected chi connectivity index (χ3v) is 4.64. The molecule has 1 aromatic carbocycles. The summed E-state index contributed by atoms with van der Waals surface area (Å²) in [6.45, 7) is 1.28. The van der Waals surface area contributed by atoms with Crippen molar-refractivity contribution in [3.63, 3.8) is 0 Å². The minimum Gasteiger partial charge on any atom is -0.490 e. The van der Waals surface area contributed by atoms with Gasteiger partial charge >= 0.3 is 0 Å². The highest BCUT2D eigenvalue weighted by molar-refractivity contribution is 8.03. The lowest BCUT2D eigenvalue weighted by Gasteiger charge is -2.20. The summed E-state index contributed by atoms with van der Waals surface area (Å²) in [4.78, 5) is 5.35. The Balaban J connectivity index is 1.37. The predicted octanol–water partition coefficient (Wildman–Crippen LogP) is 4.53. The molecule has 1 unspecified atom stereocenters. The van der Waals surface area contributed by atoms with Crippen LogP contribution in [0.2, 0.25) is 0 Å². The number of nitrogens with zero attached hydrogens (tertiary/aromatic N) is 1. The van der Waals surface area contributed by atoms with Gasteiger partial charge in [0.2, 0.25) is 0 Å². The molecule has 0 amide bonds. The topological polar surface area (TPSA) is 30.8 Å². The van der Waals surface area contributed by atoms with E-state index in [0.29, 0.717) is 12.4 Å². The lowest BCUT2D eigenvalue weighted by atomic mass is 10.1. The summed E-state index contributed by atoms with van der Waals surface area (Å²) in [6, 6.07) is 6.48. The van der Waals surface area contributed by atoms with Crippen LogP contribution in [0.4, 0.5) is 4.39 Å². The number of hydrogen-bond donors (Lipinski definition) is 0. The Morgan fingerprint density at radius 3 is 2.96 bits per heavy atom. The SMILES string of the molecule is Fc1ccccc1OCCSC1=CCC(OC2=CC=NCC2)C=C1. The van der Waals surface area contributed by atoms with E-state index in [1.807, 2.05) is 6.08 Å². The predicted molar refractivity (Wildman–Crippen MR) is 97.1 cm³/mol. The first-order valence-electron chi connectivity index (χ1n) is 8.05. The second kappa shape index (κ2) is 8.73. The highest BCUT2D eigenvalue weighted by Crippen LogP contribution is 2.25. The fourth-order valence-corrected chi connectivity index (χ4v) is 3.20. The lowest BCUT2D eigenvalue weighted by Crippen LogP contribution is -2.13. The van der Waals surface area contributed by atoms with E-state index in [1.165, 1.54) is 11.0 Å². The van der Waals surface area contributed by atoms with Crippen molar-refractivity contribution in [2.45, 2.75) is 18.9 Å². The van der Waals surface area contributed by atoms with Crippen LogP contribution in [0.3, 0.4) is 0 Å². The van der Waals surface area contributed by atoms with E-state index in [4.69, 9.17) is 9.47 Å². The van der Waals surface area contributed by atoms with Gasteiger partial charge in [0.25, 0.3) is 0 Å². The molecule has 0 saturated carbocycles. The number of aliphatic imine (C=N–C) groups is 1. The highest BCUT2D eigenvalue weighted by atomic mass is 32.2. The molecular weight excluding hydrogens is 325 g/mol. The molecule has 0 saturated heterocycles. The summed E-state index contributed by atoms with van der Waals surface area (Å²) in [5.41, 5.74) is 0. The van der Waals surface area contributed by atoms with E-state index in [0.717, 1.165) is 30.9 Å². The highest BCUT2D eigenvalue weighted by Gasteiger charge is 2.12. The van der Waals surface area contributed by atoms with Crippen LogP contribution in [0.5, 0.6) is 5.75 Å². The van der Waals surface area contributed by atoms with Crippen molar-refractivity contribution in [2.24, 2.45) is 4.99 Å². The summed E-state index contributed by atoms with van der Waals surface area (Å²) in [5.74, 6) is 1.77. The van der Waals surface area contributed by atoms with Crippen LogP contribution in [0, 0.1) is 5.82 Å². The van der Waals surface area contributed by atoms with Crippen LogP contribution in [0.1, 0.15) is 12.8 Å². The van der Waals surface area contributed by atoms with Gasteiger partial charge in [-0.15, -0.1) is 11.8 Å². The third-order valence-electron chi connectivity index (χ3n) is 3.63. The Morgan fingerprint density at radius 1 is 1.29 bits per heavy atom. The molecular formula is C19H20FNO2S. The maximum atomic E-state index is 13.4. The van der Waals surface area contributed by atoms with Crippen molar-refractivity contribution in [2.75, 3.05) is 18.9 Å². The van der Waals surface area contributed by atoms with Crippen molar-refractivity contribution in [3.05, 3.63) is 65.1 Å². The molecule has 1 aliphatic carbocycles. The van der Waals surface area contributed by atoms with Crippen LogP contribution in [0.15, 0.2) is 64.2 Å². The van der Waals surface area contributed by atoms with Gasteiger partial charge in [-0.1, -0.05) is 18.2 Å². The van der Waals surface area contributed by atoms with Gasteiger partial charge in [0.15, 0.2) is 11.6 Å². The number of ether oxygens (including phenoxy) is 2. The van der Waals surface area contributed by atoms with Gasteiger partial charge in [0, 0.05) is 36.3 Å². The zero-order valence-electron chi connectivity index (χ0n) is 13.4. The van der Waals surface area contributed by atoms with E-state index in [9.17, 15) is 4.39 Å². The largest absolute Gasteiger partial charge is 0.490 e. The number of allylic oxidation sites excluding steroid dienone is 2. The van der Waals surface area contributed by atoms with Crippen molar-refractivity contribution < 1.29 is 13.9 Å². The zero-order chi connectivity index (χ0) is 16.6. The molecule has 0 N–H and O–H groups in total. The minimum absolute atomic E-state index is 0.0989. The summed E-state index contributed by atoms with van der Waals surface area (Å²) >= 11 is 1.71. The number of hydrogen-bond acceptors (Lipinski definition) is 4. The van der Waals surface area contributed by atoms with Crippen molar-refractivity contribution in [3.8, 4) is 5.75 Å². The summed E-state index contributed by atoms with van der Waals surface area (Å²) in [7, 11) is 0. The molecule has 0 bridgehead atoms. The van der Waals surface area contributed by atoms with Gasteiger partial charge in [-0.3, -0.25) is 4.99 Å². The quantitative estimate of drug-likeness (QED) is 0.681. The van der Waals surface area contributed by atoms with Crippen LogP contribution in [0.25, 0.3) is 0 Å². The van der Waals surface area contributed by atoms with Gasteiger partial charge < -0.3 is 9.47 Å². The Hall–Kier alpha value is -2.01. The minimum atomic E-state index is -0.318. The molecule has 1 atom stereocenters. The Morgan fingerprint density at radius 2 is 2.21 bits per heavy atom. The van der Waals surface area contributed by atoms with Crippen molar-refractivity contribution in [1.29, 1.82) is 0 Å².